The van der Waals surface area contributed by atoms with Crippen molar-refractivity contribution in [2.24, 2.45) is 5.41 Å². The number of phenols is 1. The molecule has 2 N–H and O–H groups in total. The van der Waals surface area contributed by atoms with E-state index in [9.17, 15) is 9.50 Å². The monoisotopic (exact) mass is 225 g/mol. The van der Waals surface area contributed by atoms with E-state index >= 15 is 0 Å². The lowest BCUT2D eigenvalue weighted by molar-refractivity contribution is 0.326. The summed E-state index contributed by atoms with van der Waals surface area (Å²) in [6, 6.07) is 4.59. The average Bonchev–Trinajstić information content (AvgIpc) is 2.24. The first-order valence-corrected chi connectivity index (χ1v) is 5.63. The number of phenolic OH excluding ortho intramolecular Hbond substituents is 1. The maximum absolute atomic E-state index is 13.0. The van der Waals surface area contributed by atoms with Gasteiger partial charge in [-0.15, -0.1) is 0 Å². The largest absolute Gasteiger partial charge is 0.505 e. The molecule has 2 nitrogen and oxygen atoms in total. The molecule has 0 unspecified atom stereocenters. The summed E-state index contributed by atoms with van der Waals surface area (Å²) in [5.74, 6) is -0.807. The molecule has 3 heteroatoms. The number of rotatable bonds is 5. The van der Waals surface area contributed by atoms with Gasteiger partial charge in [-0.2, -0.15) is 0 Å². The predicted molar refractivity (Wildman–Crippen MR) is 63.8 cm³/mol. The van der Waals surface area contributed by atoms with Gasteiger partial charge in [-0.3, -0.25) is 0 Å². The summed E-state index contributed by atoms with van der Waals surface area (Å²) in [6.45, 7) is 7.82. The van der Waals surface area contributed by atoms with Gasteiger partial charge in [0.15, 0.2) is 11.6 Å². The van der Waals surface area contributed by atoms with E-state index in [1.165, 1.54) is 6.07 Å². The third-order valence-electron chi connectivity index (χ3n) is 2.95. The van der Waals surface area contributed by atoms with Crippen LogP contribution >= 0.6 is 0 Å². The first-order chi connectivity index (χ1) is 7.46. The highest BCUT2D eigenvalue weighted by molar-refractivity contribution is 5.33. The Hall–Kier alpha value is -1.09. The van der Waals surface area contributed by atoms with Gasteiger partial charge in [0.05, 0.1) is 0 Å². The maximum Gasteiger partial charge on any atom is 0.165 e. The van der Waals surface area contributed by atoms with Gasteiger partial charge in [0.25, 0.3) is 0 Å². The van der Waals surface area contributed by atoms with Crippen molar-refractivity contribution < 1.29 is 9.50 Å². The van der Waals surface area contributed by atoms with Crippen molar-refractivity contribution in [1.82, 2.24) is 5.32 Å². The Kier molecular flexibility index (Phi) is 4.30. The number of para-hydroxylation sites is 1. The lowest BCUT2D eigenvalue weighted by Gasteiger charge is -2.23. The minimum atomic E-state index is -0.561. The van der Waals surface area contributed by atoms with E-state index in [2.05, 4.69) is 26.1 Å². The van der Waals surface area contributed by atoms with Crippen molar-refractivity contribution >= 4 is 0 Å². The van der Waals surface area contributed by atoms with Crippen LogP contribution in [-0.2, 0) is 6.54 Å². The zero-order valence-corrected chi connectivity index (χ0v) is 10.2. The van der Waals surface area contributed by atoms with Gasteiger partial charge in [-0.1, -0.05) is 32.9 Å². The van der Waals surface area contributed by atoms with Crippen LogP contribution in [0.3, 0.4) is 0 Å². The number of hydrogen-bond acceptors (Lipinski definition) is 2. The molecule has 0 aliphatic heterocycles. The van der Waals surface area contributed by atoms with Gasteiger partial charge in [-0.25, -0.2) is 4.39 Å². The molecule has 1 aromatic rings. The molecule has 0 heterocycles. The second kappa shape index (κ2) is 5.30. The summed E-state index contributed by atoms with van der Waals surface area (Å²) in [4.78, 5) is 0. The highest BCUT2D eigenvalue weighted by Crippen LogP contribution is 2.21. The lowest BCUT2D eigenvalue weighted by Crippen LogP contribution is -2.28. The van der Waals surface area contributed by atoms with E-state index in [0.717, 1.165) is 13.0 Å². The van der Waals surface area contributed by atoms with Crippen molar-refractivity contribution in [3.8, 4) is 5.75 Å². The second-order valence-electron chi connectivity index (χ2n) is 4.87. The molecule has 1 aromatic carbocycles. The summed E-state index contributed by atoms with van der Waals surface area (Å²) >= 11 is 0. The molecule has 90 valence electrons. The molecule has 0 bridgehead atoms. The molecule has 0 aliphatic rings. The first kappa shape index (κ1) is 13.0. The van der Waals surface area contributed by atoms with Crippen LogP contribution in [0, 0.1) is 11.2 Å². The molecule has 0 fully saturated rings. The summed E-state index contributed by atoms with van der Waals surface area (Å²) in [6.07, 6.45) is 1.08. The molecular weight excluding hydrogens is 205 g/mol. The van der Waals surface area contributed by atoms with Crippen LogP contribution in [-0.4, -0.2) is 11.7 Å². The molecule has 0 spiro atoms. The lowest BCUT2D eigenvalue weighted by atomic mass is 9.90. The van der Waals surface area contributed by atoms with Crippen molar-refractivity contribution in [3.63, 3.8) is 0 Å². The number of halogens is 1. The summed E-state index contributed by atoms with van der Waals surface area (Å²) < 4.78 is 13.0. The minimum absolute atomic E-state index is 0.225. The molecule has 0 saturated carbocycles. The third kappa shape index (κ3) is 3.49. The van der Waals surface area contributed by atoms with Crippen molar-refractivity contribution in [2.45, 2.75) is 33.7 Å². The van der Waals surface area contributed by atoms with Crippen molar-refractivity contribution in [1.29, 1.82) is 0 Å². The van der Waals surface area contributed by atoms with E-state index in [0.29, 0.717) is 12.1 Å². The van der Waals surface area contributed by atoms with Crippen LogP contribution in [0.4, 0.5) is 4.39 Å². The van der Waals surface area contributed by atoms with Crippen LogP contribution in [0.25, 0.3) is 0 Å². The fourth-order valence-corrected chi connectivity index (χ4v) is 1.36. The first-order valence-electron chi connectivity index (χ1n) is 5.63. The van der Waals surface area contributed by atoms with Gasteiger partial charge in [-0.05, 0) is 17.9 Å². The molecule has 0 aromatic heterocycles. The van der Waals surface area contributed by atoms with Gasteiger partial charge in [0.2, 0.25) is 0 Å². The fourth-order valence-electron chi connectivity index (χ4n) is 1.36. The van der Waals surface area contributed by atoms with Crippen LogP contribution in [0.5, 0.6) is 5.75 Å². The van der Waals surface area contributed by atoms with Gasteiger partial charge in [0.1, 0.15) is 0 Å². The Balaban J connectivity index is 2.53. The normalized spacial score (nSPS) is 11.8. The van der Waals surface area contributed by atoms with E-state index in [1.54, 1.807) is 12.1 Å². The van der Waals surface area contributed by atoms with E-state index < -0.39 is 5.82 Å². The highest BCUT2D eigenvalue weighted by atomic mass is 19.1. The minimum Gasteiger partial charge on any atom is -0.505 e. The SMILES string of the molecule is CCC(C)(C)CNCc1cccc(F)c1O. The molecule has 16 heavy (non-hydrogen) atoms. The Morgan fingerprint density at radius 1 is 1.38 bits per heavy atom. The van der Waals surface area contributed by atoms with Gasteiger partial charge in [0, 0.05) is 18.7 Å². The Bertz CT molecular complexity index is 350. The number of nitrogens with one attached hydrogen (secondary N) is 1. The Morgan fingerprint density at radius 3 is 2.69 bits per heavy atom. The molecule has 0 aliphatic carbocycles. The topological polar surface area (TPSA) is 32.3 Å². The zero-order chi connectivity index (χ0) is 12.2. The molecule has 0 amide bonds. The van der Waals surface area contributed by atoms with Crippen LogP contribution in [0.2, 0.25) is 0 Å². The predicted octanol–water partition coefficient (Wildman–Crippen LogP) is 3.06. The molecule has 1 rings (SSSR count). The molecule has 0 radical (unpaired) electrons. The second-order valence-corrected chi connectivity index (χ2v) is 4.87. The quantitative estimate of drug-likeness (QED) is 0.807. The summed E-state index contributed by atoms with van der Waals surface area (Å²) in [7, 11) is 0. The standard InChI is InChI=1S/C13H20FNO/c1-4-13(2,3)9-15-8-10-6-5-7-11(14)12(10)16/h5-7,15-16H,4,8-9H2,1-3H3. The number of aromatic hydroxyl groups is 1. The van der Waals surface area contributed by atoms with Crippen LogP contribution in [0.1, 0.15) is 32.8 Å². The summed E-state index contributed by atoms with van der Waals surface area (Å²) in [5, 5.41) is 12.7. The fraction of sp³-hybridized carbons (Fsp3) is 0.538. The van der Waals surface area contributed by atoms with Crippen LogP contribution in [0.15, 0.2) is 18.2 Å². The smallest absolute Gasteiger partial charge is 0.165 e. The van der Waals surface area contributed by atoms with Crippen molar-refractivity contribution in [2.75, 3.05) is 6.54 Å². The molecule has 0 atom stereocenters. The molecular formula is C13H20FNO. The zero-order valence-electron chi connectivity index (χ0n) is 10.2. The summed E-state index contributed by atoms with van der Waals surface area (Å²) in [5.41, 5.74) is 0.829. The maximum atomic E-state index is 13.0. The highest BCUT2D eigenvalue weighted by Gasteiger charge is 2.14. The van der Waals surface area contributed by atoms with Crippen molar-refractivity contribution in [3.05, 3.63) is 29.6 Å². The molecule has 0 saturated heterocycles. The average molecular weight is 225 g/mol. The van der Waals surface area contributed by atoms with E-state index in [-0.39, 0.29) is 11.2 Å². The van der Waals surface area contributed by atoms with Gasteiger partial charge < -0.3 is 10.4 Å². The number of hydrogen-bond donors (Lipinski definition) is 2. The van der Waals surface area contributed by atoms with Gasteiger partial charge >= 0.3 is 0 Å². The van der Waals surface area contributed by atoms with E-state index in [1.807, 2.05) is 0 Å². The third-order valence-corrected chi connectivity index (χ3v) is 2.95. The van der Waals surface area contributed by atoms with Crippen LogP contribution < -0.4 is 5.32 Å². The number of benzene rings is 1. The van der Waals surface area contributed by atoms with E-state index in [4.69, 9.17) is 0 Å². The Morgan fingerprint density at radius 2 is 2.06 bits per heavy atom. The Labute approximate surface area is 96.5 Å².